The Kier molecular flexibility index (Phi) is 3.62. The number of hydrogen-bond donors (Lipinski definition) is 0. The van der Waals surface area contributed by atoms with Crippen LogP contribution in [0.1, 0.15) is 29.0 Å². The molecule has 0 aliphatic carbocycles. The van der Waals surface area contributed by atoms with Crippen LogP contribution in [-0.2, 0) is 0 Å². The van der Waals surface area contributed by atoms with Gasteiger partial charge in [0.2, 0.25) is 0 Å². The zero-order chi connectivity index (χ0) is 11.8. The van der Waals surface area contributed by atoms with E-state index in [1.54, 1.807) is 12.1 Å². The molecule has 0 bridgehead atoms. The molecule has 1 unspecified atom stereocenters. The molecule has 0 aliphatic rings. The Morgan fingerprint density at radius 2 is 1.67 bits per heavy atom. The van der Waals surface area contributed by atoms with Crippen molar-refractivity contribution in [1.29, 1.82) is 0 Å². The lowest BCUT2D eigenvalue weighted by Crippen LogP contribution is -2.18. The first-order chi connectivity index (χ1) is 6.73. The van der Waals surface area contributed by atoms with Crippen LogP contribution in [-0.4, -0.2) is 5.92 Å². The highest BCUT2D eigenvalue weighted by atomic mass is 35.5. The second kappa shape index (κ2) is 4.26. The molecule has 0 amide bonds. The summed E-state index contributed by atoms with van der Waals surface area (Å²) in [5, 5.41) is -1.09. The third-order valence-corrected chi connectivity index (χ3v) is 3.28. The molecule has 0 fully saturated rings. The van der Waals surface area contributed by atoms with E-state index in [1.807, 2.05) is 13.8 Å². The summed E-state index contributed by atoms with van der Waals surface area (Å²) in [6.45, 7) is 4.50. The van der Waals surface area contributed by atoms with Crippen LogP contribution in [0.3, 0.4) is 0 Å². The normalized spacial score (nSPS) is 14.1. The first-order valence-corrected chi connectivity index (χ1v) is 5.33. The van der Waals surface area contributed by atoms with E-state index < -0.39 is 11.3 Å². The average Bonchev–Trinajstić information content (AvgIpc) is 2.08. The molecular weight excluding hydrogens is 241 g/mol. The number of rotatable bonds is 2. The largest absolute Gasteiger partial charge is 0.265 e. The van der Waals surface area contributed by atoms with Gasteiger partial charge >= 0.3 is 0 Å². The van der Waals surface area contributed by atoms with E-state index in [2.05, 4.69) is 0 Å². The smallest absolute Gasteiger partial charge is 0.205 e. The van der Waals surface area contributed by atoms with E-state index in [9.17, 15) is 8.78 Å². The van der Waals surface area contributed by atoms with Gasteiger partial charge in [0.15, 0.2) is 0 Å². The maximum absolute atomic E-state index is 13.0. The summed E-state index contributed by atoms with van der Waals surface area (Å²) in [4.78, 5) is 0. The lowest BCUT2D eigenvalue weighted by atomic mass is 10.0. The van der Waals surface area contributed by atoms with Gasteiger partial charge in [-0.05, 0) is 36.6 Å². The summed E-state index contributed by atoms with van der Waals surface area (Å²) in [5.74, 6) is -2.98. The van der Waals surface area contributed by atoms with E-state index in [0.29, 0.717) is 5.02 Å². The molecule has 1 atom stereocenters. The van der Waals surface area contributed by atoms with E-state index in [-0.39, 0.29) is 5.56 Å². The third-order valence-electron chi connectivity index (χ3n) is 2.33. The number of benzene rings is 1. The van der Waals surface area contributed by atoms with Crippen molar-refractivity contribution in [1.82, 2.24) is 0 Å². The number of aryl methyl sites for hydroxylation is 2. The maximum Gasteiger partial charge on any atom is 0.265 e. The van der Waals surface area contributed by atoms with Gasteiger partial charge < -0.3 is 0 Å². The molecule has 4 heteroatoms. The van der Waals surface area contributed by atoms with Gasteiger partial charge in [-0.2, -0.15) is 0 Å². The Balaban J connectivity index is 3.21. The quantitative estimate of drug-likeness (QED) is 0.658. The third kappa shape index (κ3) is 2.82. The zero-order valence-corrected chi connectivity index (χ0v) is 10.3. The summed E-state index contributed by atoms with van der Waals surface area (Å²) in [6.07, 6.45) is 0. The molecule has 1 rings (SSSR count). The number of halogens is 4. The molecule has 0 nitrogen and oxygen atoms in total. The minimum atomic E-state index is -2.98. The highest BCUT2D eigenvalue weighted by Crippen LogP contribution is 2.40. The standard InChI is InChI=1S/C11H12Cl2F2/c1-6-4-8(9(12)5-7(6)2)10(13)11(3,14)15/h4-5,10H,1-3H3. The molecule has 0 spiro atoms. The highest BCUT2D eigenvalue weighted by Gasteiger charge is 2.35. The van der Waals surface area contributed by atoms with Gasteiger partial charge in [-0.25, -0.2) is 8.78 Å². The van der Waals surface area contributed by atoms with Crippen LogP contribution in [0.2, 0.25) is 5.02 Å². The molecule has 0 saturated carbocycles. The lowest BCUT2D eigenvalue weighted by molar-refractivity contribution is 0.0169. The van der Waals surface area contributed by atoms with Gasteiger partial charge in [0.1, 0.15) is 5.38 Å². The van der Waals surface area contributed by atoms with Crippen molar-refractivity contribution in [3.63, 3.8) is 0 Å². The van der Waals surface area contributed by atoms with Gasteiger partial charge in [-0.15, -0.1) is 11.6 Å². The molecule has 0 aliphatic heterocycles. The second-order valence-corrected chi connectivity index (χ2v) is 4.62. The Hall–Kier alpha value is -0.340. The van der Waals surface area contributed by atoms with Crippen molar-refractivity contribution < 1.29 is 8.78 Å². The van der Waals surface area contributed by atoms with Crippen molar-refractivity contribution in [2.75, 3.05) is 0 Å². The average molecular weight is 253 g/mol. The fraction of sp³-hybridized carbons (Fsp3) is 0.455. The van der Waals surface area contributed by atoms with E-state index >= 15 is 0 Å². The fourth-order valence-corrected chi connectivity index (χ4v) is 1.83. The SMILES string of the molecule is Cc1cc(Cl)c(C(Cl)C(C)(F)F)cc1C. The predicted octanol–water partition coefficient (Wildman–Crippen LogP) is 4.89. The molecule has 0 radical (unpaired) electrons. The van der Waals surface area contributed by atoms with E-state index in [0.717, 1.165) is 18.1 Å². The zero-order valence-electron chi connectivity index (χ0n) is 8.74. The Bertz CT molecular complexity index is 370. The van der Waals surface area contributed by atoms with Gasteiger partial charge in [-0.1, -0.05) is 17.7 Å². The van der Waals surface area contributed by atoms with Gasteiger partial charge in [-0.3, -0.25) is 0 Å². The molecule has 1 aromatic carbocycles. The molecule has 1 aromatic rings. The van der Waals surface area contributed by atoms with Crippen molar-refractivity contribution in [2.45, 2.75) is 32.1 Å². The minimum Gasteiger partial charge on any atom is -0.205 e. The lowest BCUT2D eigenvalue weighted by Gasteiger charge is -2.19. The van der Waals surface area contributed by atoms with Gasteiger partial charge in [0.25, 0.3) is 5.92 Å². The summed E-state index contributed by atoms with van der Waals surface area (Å²) >= 11 is 11.6. The Morgan fingerprint density at radius 3 is 2.13 bits per heavy atom. The van der Waals surface area contributed by atoms with Crippen LogP contribution < -0.4 is 0 Å². The van der Waals surface area contributed by atoms with Gasteiger partial charge in [0.05, 0.1) is 0 Å². The molecule has 0 aromatic heterocycles. The van der Waals surface area contributed by atoms with Crippen molar-refractivity contribution in [2.24, 2.45) is 0 Å². The second-order valence-electron chi connectivity index (χ2n) is 3.78. The van der Waals surface area contributed by atoms with Crippen LogP contribution >= 0.6 is 23.2 Å². The highest BCUT2D eigenvalue weighted by molar-refractivity contribution is 6.33. The van der Waals surface area contributed by atoms with Crippen LogP contribution in [0.5, 0.6) is 0 Å². The predicted molar refractivity (Wildman–Crippen MR) is 60.1 cm³/mol. The number of hydrogen-bond acceptors (Lipinski definition) is 0. The van der Waals surface area contributed by atoms with Crippen LogP contribution in [0.25, 0.3) is 0 Å². The number of alkyl halides is 3. The molecule has 0 saturated heterocycles. The van der Waals surface area contributed by atoms with Crippen LogP contribution in [0.4, 0.5) is 8.78 Å². The van der Waals surface area contributed by atoms with Gasteiger partial charge in [0, 0.05) is 11.9 Å². The molecule has 84 valence electrons. The van der Waals surface area contributed by atoms with E-state index in [1.165, 1.54) is 0 Å². The summed E-state index contributed by atoms with van der Waals surface area (Å²) < 4.78 is 26.0. The monoisotopic (exact) mass is 252 g/mol. The van der Waals surface area contributed by atoms with Crippen molar-refractivity contribution >= 4 is 23.2 Å². The first-order valence-electron chi connectivity index (χ1n) is 4.52. The Morgan fingerprint density at radius 1 is 1.20 bits per heavy atom. The molecule has 15 heavy (non-hydrogen) atoms. The molecule has 0 heterocycles. The van der Waals surface area contributed by atoms with Crippen LogP contribution in [0, 0.1) is 13.8 Å². The minimum absolute atomic E-state index is 0.286. The van der Waals surface area contributed by atoms with Crippen molar-refractivity contribution in [3.8, 4) is 0 Å². The molecule has 0 N–H and O–H groups in total. The van der Waals surface area contributed by atoms with Crippen molar-refractivity contribution in [3.05, 3.63) is 33.8 Å². The summed E-state index contributed by atoms with van der Waals surface area (Å²) in [5.41, 5.74) is 2.16. The van der Waals surface area contributed by atoms with E-state index in [4.69, 9.17) is 23.2 Å². The summed E-state index contributed by atoms with van der Waals surface area (Å²) in [6, 6.07) is 3.28. The first kappa shape index (κ1) is 12.7. The summed E-state index contributed by atoms with van der Waals surface area (Å²) in [7, 11) is 0. The van der Waals surface area contributed by atoms with Crippen LogP contribution in [0.15, 0.2) is 12.1 Å². The Labute approximate surface area is 98.2 Å². The fourth-order valence-electron chi connectivity index (χ4n) is 1.27. The molecular formula is C11H12Cl2F2. The maximum atomic E-state index is 13.0. The topological polar surface area (TPSA) is 0 Å².